The summed E-state index contributed by atoms with van der Waals surface area (Å²) in [4.78, 5) is 37.2. The Morgan fingerprint density at radius 3 is 2.43 bits per heavy atom. The van der Waals surface area contributed by atoms with Gasteiger partial charge in [-0.25, -0.2) is 4.79 Å². The summed E-state index contributed by atoms with van der Waals surface area (Å²) in [7, 11) is 0. The van der Waals surface area contributed by atoms with Gasteiger partial charge in [-0.3, -0.25) is 9.59 Å². The van der Waals surface area contributed by atoms with E-state index in [2.05, 4.69) is 5.32 Å². The molecular weight excluding hydrogens is 272 g/mol. The number of nitrogens with zero attached hydrogens (tertiary/aromatic N) is 1. The van der Waals surface area contributed by atoms with E-state index in [0.29, 0.717) is 13.0 Å². The molecule has 0 unspecified atom stereocenters. The third-order valence-corrected chi connectivity index (χ3v) is 3.49. The first-order valence-electron chi connectivity index (χ1n) is 7.44. The van der Waals surface area contributed by atoms with Crippen molar-refractivity contribution >= 4 is 17.8 Å². The van der Waals surface area contributed by atoms with Crippen LogP contribution < -0.4 is 5.32 Å². The minimum Gasteiger partial charge on any atom is -0.444 e. The summed E-state index contributed by atoms with van der Waals surface area (Å²) in [6.45, 7) is 9.74. The Bertz CT molecular complexity index is 414. The summed E-state index contributed by atoms with van der Waals surface area (Å²) in [5.41, 5.74) is -0.614. The topological polar surface area (TPSA) is 75.7 Å². The number of nitrogens with one attached hydrogen (secondary N) is 1. The summed E-state index contributed by atoms with van der Waals surface area (Å²) in [5, 5.41) is 2.65. The van der Waals surface area contributed by atoms with Gasteiger partial charge in [0.15, 0.2) is 5.78 Å². The highest BCUT2D eigenvalue weighted by atomic mass is 16.6. The molecule has 0 aromatic heterocycles. The van der Waals surface area contributed by atoms with E-state index < -0.39 is 17.7 Å². The van der Waals surface area contributed by atoms with Crippen LogP contribution in [0.4, 0.5) is 4.79 Å². The fourth-order valence-electron chi connectivity index (χ4n) is 2.13. The quantitative estimate of drug-likeness (QED) is 0.857. The lowest BCUT2D eigenvalue weighted by atomic mass is 9.98. The fraction of sp³-hybridized carbons (Fsp3) is 0.800. The second-order valence-corrected chi connectivity index (χ2v) is 6.56. The molecule has 2 atom stereocenters. The largest absolute Gasteiger partial charge is 0.444 e. The predicted octanol–water partition coefficient (Wildman–Crippen LogP) is 1.73. The number of hydrogen-bond donors (Lipinski definition) is 1. The monoisotopic (exact) mass is 298 g/mol. The molecule has 1 fully saturated rings. The van der Waals surface area contributed by atoms with Crippen LogP contribution in [-0.4, -0.2) is 47.4 Å². The molecule has 1 aliphatic heterocycles. The molecule has 0 radical (unpaired) electrons. The first-order chi connectivity index (χ1) is 9.64. The van der Waals surface area contributed by atoms with E-state index in [1.165, 1.54) is 4.90 Å². The molecule has 1 rings (SSSR count). The van der Waals surface area contributed by atoms with Crippen LogP contribution in [0, 0.1) is 5.92 Å². The van der Waals surface area contributed by atoms with Gasteiger partial charge in [-0.05, 0) is 26.7 Å². The second-order valence-electron chi connectivity index (χ2n) is 6.56. The summed E-state index contributed by atoms with van der Waals surface area (Å²) < 4.78 is 5.21. The predicted molar refractivity (Wildman–Crippen MR) is 78.8 cm³/mol. The average Bonchev–Trinajstić information content (AvgIpc) is 2.79. The van der Waals surface area contributed by atoms with Gasteiger partial charge in [0.2, 0.25) is 5.91 Å². The minimum absolute atomic E-state index is 0.0271. The number of likely N-dealkylation sites (tertiary alicyclic amines) is 1. The maximum Gasteiger partial charge on any atom is 0.408 e. The molecule has 1 heterocycles. The van der Waals surface area contributed by atoms with Crippen LogP contribution >= 0.6 is 0 Å². The number of alkyl carbamates (subject to hydrolysis) is 1. The van der Waals surface area contributed by atoms with Crippen LogP contribution in [0.3, 0.4) is 0 Å². The number of hydrogen-bond acceptors (Lipinski definition) is 4. The van der Waals surface area contributed by atoms with E-state index >= 15 is 0 Å². The number of Topliss-reactive ketones (excluding diaryl/α,β-unsaturated/α-hetero) is 1. The van der Waals surface area contributed by atoms with Gasteiger partial charge in [0.05, 0.1) is 6.54 Å². The zero-order chi connectivity index (χ0) is 16.2. The van der Waals surface area contributed by atoms with Gasteiger partial charge in [-0.15, -0.1) is 0 Å². The van der Waals surface area contributed by atoms with Gasteiger partial charge in [0.1, 0.15) is 11.6 Å². The van der Waals surface area contributed by atoms with Crippen molar-refractivity contribution in [1.29, 1.82) is 0 Å². The maximum absolute atomic E-state index is 12.5. The average molecular weight is 298 g/mol. The molecule has 6 nitrogen and oxygen atoms in total. The first kappa shape index (κ1) is 17.5. The van der Waals surface area contributed by atoms with E-state index in [0.717, 1.165) is 6.42 Å². The second kappa shape index (κ2) is 6.91. The first-order valence-corrected chi connectivity index (χ1v) is 7.44. The van der Waals surface area contributed by atoms with Gasteiger partial charge >= 0.3 is 6.09 Å². The van der Waals surface area contributed by atoms with Crippen LogP contribution in [0.25, 0.3) is 0 Å². The van der Waals surface area contributed by atoms with Gasteiger partial charge in [0, 0.05) is 13.0 Å². The molecule has 0 aromatic rings. The third kappa shape index (κ3) is 5.36. The molecule has 2 amide bonds. The van der Waals surface area contributed by atoms with Crippen molar-refractivity contribution in [3.05, 3.63) is 0 Å². The van der Waals surface area contributed by atoms with Crippen molar-refractivity contribution in [2.75, 3.05) is 13.1 Å². The molecule has 1 aliphatic rings. The van der Waals surface area contributed by atoms with Crippen molar-refractivity contribution < 1.29 is 19.1 Å². The minimum atomic E-state index is -0.657. The molecule has 0 spiro atoms. The molecule has 0 aliphatic carbocycles. The zero-order valence-electron chi connectivity index (χ0n) is 13.6. The van der Waals surface area contributed by atoms with Crippen LogP contribution in [0.1, 0.15) is 47.5 Å². The summed E-state index contributed by atoms with van der Waals surface area (Å²) in [5.74, 6) is -0.176. The van der Waals surface area contributed by atoms with E-state index in [1.54, 1.807) is 20.8 Å². The SMILES string of the molecule is CC[C@H](C)[C@H](NC(=O)OC(C)(C)C)C(=O)N1CCC(=O)C1. The number of ether oxygens (including phenoxy) is 1. The summed E-state index contributed by atoms with van der Waals surface area (Å²) in [6.07, 6.45) is 0.533. The van der Waals surface area contributed by atoms with Crippen LogP contribution in [0.2, 0.25) is 0 Å². The smallest absolute Gasteiger partial charge is 0.408 e. The number of rotatable bonds is 4. The summed E-state index contributed by atoms with van der Waals surface area (Å²) >= 11 is 0. The summed E-state index contributed by atoms with van der Waals surface area (Å²) in [6, 6.07) is -0.657. The molecule has 0 bridgehead atoms. The normalized spacial score (nSPS) is 18.3. The molecule has 0 saturated carbocycles. The fourth-order valence-corrected chi connectivity index (χ4v) is 2.13. The van der Waals surface area contributed by atoms with E-state index in [1.807, 2.05) is 13.8 Å². The van der Waals surface area contributed by atoms with Crippen molar-refractivity contribution in [3.8, 4) is 0 Å². The van der Waals surface area contributed by atoms with E-state index in [9.17, 15) is 14.4 Å². The molecule has 120 valence electrons. The number of carbonyl (C=O) groups excluding carboxylic acids is 3. The Morgan fingerprint density at radius 2 is 2.00 bits per heavy atom. The highest BCUT2D eigenvalue weighted by Crippen LogP contribution is 2.15. The highest BCUT2D eigenvalue weighted by Gasteiger charge is 2.34. The van der Waals surface area contributed by atoms with E-state index in [4.69, 9.17) is 4.74 Å². The van der Waals surface area contributed by atoms with Crippen molar-refractivity contribution in [2.45, 2.75) is 59.1 Å². The molecule has 1 saturated heterocycles. The lowest BCUT2D eigenvalue weighted by Gasteiger charge is -2.29. The molecule has 21 heavy (non-hydrogen) atoms. The lowest BCUT2D eigenvalue weighted by Crippen LogP contribution is -2.52. The van der Waals surface area contributed by atoms with E-state index in [-0.39, 0.29) is 24.2 Å². The molecule has 6 heteroatoms. The van der Waals surface area contributed by atoms with Crippen molar-refractivity contribution in [3.63, 3.8) is 0 Å². The maximum atomic E-state index is 12.5. The Labute approximate surface area is 126 Å². The molecule has 1 N–H and O–H groups in total. The Kier molecular flexibility index (Phi) is 5.75. The Hall–Kier alpha value is -1.59. The molecule has 0 aromatic carbocycles. The van der Waals surface area contributed by atoms with Gasteiger partial charge in [-0.1, -0.05) is 20.3 Å². The van der Waals surface area contributed by atoms with Crippen LogP contribution in [0.5, 0.6) is 0 Å². The Morgan fingerprint density at radius 1 is 1.38 bits per heavy atom. The number of carbonyl (C=O) groups is 3. The number of amides is 2. The molecular formula is C15H26N2O4. The third-order valence-electron chi connectivity index (χ3n) is 3.49. The zero-order valence-corrected chi connectivity index (χ0v) is 13.6. The number of ketones is 1. The van der Waals surface area contributed by atoms with Gasteiger partial charge in [0.25, 0.3) is 0 Å². The van der Waals surface area contributed by atoms with Crippen molar-refractivity contribution in [1.82, 2.24) is 10.2 Å². The van der Waals surface area contributed by atoms with Crippen LogP contribution in [0.15, 0.2) is 0 Å². The van der Waals surface area contributed by atoms with Crippen LogP contribution in [-0.2, 0) is 14.3 Å². The lowest BCUT2D eigenvalue weighted by molar-refractivity contribution is -0.135. The van der Waals surface area contributed by atoms with Gasteiger partial charge in [-0.2, -0.15) is 0 Å². The Balaban J connectivity index is 2.74. The highest BCUT2D eigenvalue weighted by molar-refractivity contribution is 5.92. The van der Waals surface area contributed by atoms with Gasteiger partial charge < -0.3 is 15.0 Å². The standard InChI is InChI=1S/C15H26N2O4/c1-6-10(2)12(16-14(20)21-15(3,4)5)13(19)17-8-7-11(18)9-17/h10,12H,6-9H2,1-5H3,(H,16,20)/t10-,12-/m0/s1. The van der Waals surface area contributed by atoms with Crippen molar-refractivity contribution in [2.24, 2.45) is 5.92 Å².